The number of anilines is 1. The molecular formula is C14H22N4O3S. The molecule has 7 nitrogen and oxygen atoms in total. The molecule has 2 aromatic rings. The Balaban J connectivity index is 2.49. The maximum atomic E-state index is 12.7. The number of rotatable bonds is 4. The van der Waals surface area contributed by atoms with E-state index in [4.69, 9.17) is 4.52 Å². The van der Waals surface area contributed by atoms with E-state index in [1.165, 1.54) is 6.07 Å². The molecular weight excluding hydrogens is 304 g/mol. The summed E-state index contributed by atoms with van der Waals surface area (Å²) in [5.74, 6) is 0.696. The van der Waals surface area contributed by atoms with Gasteiger partial charge in [-0.3, -0.25) is 9.40 Å². The lowest BCUT2D eigenvalue weighted by Crippen LogP contribution is -2.20. The highest BCUT2D eigenvalue weighted by molar-refractivity contribution is 7.92. The fourth-order valence-corrected chi connectivity index (χ4v) is 3.29. The molecule has 0 aliphatic heterocycles. The van der Waals surface area contributed by atoms with Crippen LogP contribution in [0, 0.1) is 6.92 Å². The summed E-state index contributed by atoms with van der Waals surface area (Å²) in [7, 11) is -3.78. The average Bonchev–Trinajstić information content (AvgIpc) is 2.94. The van der Waals surface area contributed by atoms with E-state index in [0.717, 1.165) is 0 Å². The second-order valence-electron chi connectivity index (χ2n) is 6.59. The van der Waals surface area contributed by atoms with E-state index in [9.17, 15) is 8.42 Å². The Morgan fingerprint density at radius 3 is 2.41 bits per heavy atom. The van der Waals surface area contributed by atoms with E-state index < -0.39 is 15.4 Å². The minimum atomic E-state index is -3.78. The third-order valence-corrected chi connectivity index (χ3v) is 4.45. The van der Waals surface area contributed by atoms with Crippen LogP contribution in [-0.4, -0.2) is 23.4 Å². The van der Waals surface area contributed by atoms with Gasteiger partial charge in [-0.25, -0.2) is 8.42 Å². The van der Waals surface area contributed by atoms with Crippen molar-refractivity contribution in [2.75, 3.05) is 4.72 Å². The van der Waals surface area contributed by atoms with E-state index in [-0.39, 0.29) is 16.8 Å². The van der Waals surface area contributed by atoms with Crippen LogP contribution in [0.3, 0.4) is 0 Å². The monoisotopic (exact) mass is 326 g/mol. The Bertz CT molecular complexity index is 766. The van der Waals surface area contributed by atoms with Crippen LogP contribution in [0.2, 0.25) is 0 Å². The first-order chi connectivity index (χ1) is 10.0. The Kier molecular flexibility index (Phi) is 4.08. The second kappa shape index (κ2) is 5.42. The van der Waals surface area contributed by atoms with Gasteiger partial charge in [-0.1, -0.05) is 25.9 Å². The first-order valence-corrected chi connectivity index (χ1v) is 8.55. The quantitative estimate of drug-likeness (QED) is 0.933. The lowest BCUT2D eigenvalue weighted by Gasteiger charge is -2.17. The van der Waals surface area contributed by atoms with Gasteiger partial charge in [-0.15, -0.1) is 0 Å². The van der Waals surface area contributed by atoms with Crippen molar-refractivity contribution >= 4 is 15.8 Å². The van der Waals surface area contributed by atoms with Crippen LogP contribution in [-0.2, 0) is 15.4 Å². The minimum absolute atomic E-state index is 0.0688. The normalized spacial score (nSPS) is 12.9. The number of hydrogen-bond acceptors (Lipinski definition) is 5. The Hall–Kier alpha value is -1.83. The van der Waals surface area contributed by atoms with Crippen LogP contribution in [0.25, 0.3) is 0 Å². The van der Waals surface area contributed by atoms with E-state index in [2.05, 4.69) is 15.0 Å². The zero-order valence-corrected chi connectivity index (χ0v) is 14.5. The number of aryl methyl sites for hydroxylation is 1. The summed E-state index contributed by atoms with van der Waals surface area (Å²) in [6, 6.07) is 1.60. The van der Waals surface area contributed by atoms with Crippen LogP contribution in [0.4, 0.5) is 5.82 Å². The van der Waals surface area contributed by atoms with Gasteiger partial charge in [0.25, 0.3) is 10.0 Å². The summed E-state index contributed by atoms with van der Waals surface area (Å²) in [4.78, 5) is 0.161. The van der Waals surface area contributed by atoms with Gasteiger partial charge in [0.15, 0.2) is 5.82 Å². The van der Waals surface area contributed by atoms with Crippen molar-refractivity contribution in [1.82, 2.24) is 14.9 Å². The molecule has 0 aliphatic rings. The predicted octanol–water partition coefficient (Wildman–Crippen LogP) is 2.86. The van der Waals surface area contributed by atoms with Crippen molar-refractivity contribution in [1.29, 1.82) is 0 Å². The molecule has 0 saturated heterocycles. The molecule has 0 atom stereocenters. The maximum Gasteiger partial charge on any atom is 0.266 e. The molecule has 8 heteroatoms. The number of sulfonamides is 1. The van der Waals surface area contributed by atoms with Gasteiger partial charge in [0.1, 0.15) is 10.7 Å². The van der Waals surface area contributed by atoms with E-state index in [0.29, 0.717) is 11.5 Å². The van der Waals surface area contributed by atoms with Gasteiger partial charge >= 0.3 is 0 Å². The van der Waals surface area contributed by atoms with Gasteiger partial charge in [-0.2, -0.15) is 5.10 Å². The topological polar surface area (TPSA) is 90.0 Å². The molecule has 0 saturated carbocycles. The molecule has 122 valence electrons. The SMILES string of the molecule is Cc1cc(NS(=O)(=O)c2cn(C(C)C)nc2C(C)(C)C)no1. The standard InChI is InChI=1S/C14H22N4O3S/c1-9(2)18-8-11(13(15-18)14(4,5)6)22(19,20)17-12-7-10(3)21-16-12/h7-9H,1-6H3,(H,16,17). The van der Waals surface area contributed by atoms with E-state index >= 15 is 0 Å². The summed E-state index contributed by atoms with van der Waals surface area (Å²) in [5, 5.41) is 8.12. The van der Waals surface area contributed by atoms with Crippen molar-refractivity contribution < 1.29 is 12.9 Å². The molecule has 0 amide bonds. The molecule has 0 spiro atoms. The third kappa shape index (κ3) is 3.32. The first-order valence-electron chi connectivity index (χ1n) is 7.06. The van der Waals surface area contributed by atoms with Crippen LogP contribution < -0.4 is 4.72 Å². The van der Waals surface area contributed by atoms with Crippen molar-refractivity contribution in [2.24, 2.45) is 0 Å². The van der Waals surface area contributed by atoms with Crippen molar-refractivity contribution in [3.8, 4) is 0 Å². The second-order valence-corrected chi connectivity index (χ2v) is 8.24. The Morgan fingerprint density at radius 1 is 1.32 bits per heavy atom. The number of nitrogens with zero attached hydrogens (tertiary/aromatic N) is 3. The van der Waals surface area contributed by atoms with Gasteiger partial charge < -0.3 is 4.52 Å². The highest BCUT2D eigenvalue weighted by atomic mass is 32.2. The molecule has 0 aromatic carbocycles. The molecule has 0 bridgehead atoms. The van der Waals surface area contributed by atoms with Crippen LogP contribution >= 0.6 is 0 Å². The molecule has 2 rings (SSSR count). The summed E-state index contributed by atoms with van der Waals surface area (Å²) in [6.07, 6.45) is 1.56. The highest BCUT2D eigenvalue weighted by Gasteiger charge is 2.31. The molecule has 2 heterocycles. The van der Waals surface area contributed by atoms with E-state index in [1.54, 1.807) is 17.8 Å². The highest BCUT2D eigenvalue weighted by Crippen LogP contribution is 2.29. The molecule has 0 unspecified atom stereocenters. The molecule has 0 fully saturated rings. The molecule has 0 aliphatic carbocycles. The van der Waals surface area contributed by atoms with Gasteiger partial charge in [-0.05, 0) is 20.8 Å². The summed E-state index contributed by atoms with van der Waals surface area (Å²) < 4.78 is 34.3. The Labute approximate surface area is 130 Å². The number of nitrogens with one attached hydrogen (secondary N) is 1. The fraction of sp³-hybridized carbons (Fsp3) is 0.571. The van der Waals surface area contributed by atoms with Crippen LogP contribution in [0.15, 0.2) is 21.7 Å². The van der Waals surface area contributed by atoms with Crippen LogP contribution in [0.5, 0.6) is 0 Å². The summed E-state index contributed by atoms with van der Waals surface area (Å²) in [5.41, 5.74) is 0.123. The smallest absolute Gasteiger partial charge is 0.266 e. The summed E-state index contributed by atoms with van der Waals surface area (Å²) >= 11 is 0. The first kappa shape index (κ1) is 16.5. The lowest BCUT2D eigenvalue weighted by molar-refractivity contribution is 0.400. The van der Waals surface area contributed by atoms with Crippen molar-refractivity contribution in [3.63, 3.8) is 0 Å². The van der Waals surface area contributed by atoms with Gasteiger partial charge in [0, 0.05) is 23.7 Å². The fourth-order valence-electron chi connectivity index (χ4n) is 1.96. The molecule has 0 radical (unpaired) electrons. The zero-order chi connectivity index (χ0) is 16.7. The number of aromatic nitrogens is 3. The average molecular weight is 326 g/mol. The predicted molar refractivity (Wildman–Crippen MR) is 83.4 cm³/mol. The van der Waals surface area contributed by atoms with Crippen molar-refractivity contribution in [2.45, 2.75) is 57.9 Å². The van der Waals surface area contributed by atoms with E-state index in [1.807, 2.05) is 34.6 Å². The number of hydrogen-bond donors (Lipinski definition) is 1. The molecule has 2 aromatic heterocycles. The molecule has 22 heavy (non-hydrogen) atoms. The third-order valence-electron chi connectivity index (χ3n) is 3.09. The van der Waals surface area contributed by atoms with Crippen molar-refractivity contribution in [3.05, 3.63) is 23.7 Å². The summed E-state index contributed by atoms with van der Waals surface area (Å²) in [6.45, 7) is 11.4. The Morgan fingerprint density at radius 2 is 1.95 bits per heavy atom. The maximum absolute atomic E-state index is 12.7. The van der Waals surface area contributed by atoms with Gasteiger partial charge in [0.2, 0.25) is 0 Å². The lowest BCUT2D eigenvalue weighted by atomic mass is 9.92. The van der Waals surface area contributed by atoms with Crippen LogP contribution in [0.1, 0.15) is 52.1 Å². The molecule has 1 N–H and O–H groups in total. The van der Waals surface area contributed by atoms with Gasteiger partial charge in [0.05, 0.1) is 5.69 Å². The largest absolute Gasteiger partial charge is 0.360 e. The minimum Gasteiger partial charge on any atom is -0.360 e. The zero-order valence-electron chi connectivity index (χ0n) is 13.7.